The first-order valence-electron chi connectivity index (χ1n) is 11.6. The average Bonchev–Trinajstić information content (AvgIpc) is 3.58. The topological polar surface area (TPSA) is 72.1 Å². The molecule has 7 rings (SSSR count). The summed E-state index contributed by atoms with van der Waals surface area (Å²) in [5.74, 6) is 3.20. The van der Waals surface area contributed by atoms with Crippen LogP contribution in [0.2, 0.25) is 0 Å². The zero-order valence-corrected chi connectivity index (χ0v) is 19.0. The molecule has 2 aliphatic rings. The van der Waals surface area contributed by atoms with Gasteiger partial charge in [-0.15, -0.1) is 21.5 Å². The minimum absolute atomic E-state index is 0.315. The van der Waals surface area contributed by atoms with Crippen molar-refractivity contribution in [3.8, 4) is 11.4 Å². The number of hydrogen-bond donors (Lipinski definition) is 0. The fourth-order valence-electron chi connectivity index (χ4n) is 5.35. The lowest BCUT2D eigenvalue weighted by Gasteiger charge is -2.33. The fraction of sp³-hybridized carbons (Fsp3) is 0.320. The van der Waals surface area contributed by atoms with Gasteiger partial charge in [0.2, 0.25) is 0 Å². The van der Waals surface area contributed by atoms with E-state index in [-0.39, 0.29) is 0 Å². The van der Waals surface area contributed by atoms with Crippen molar-refractivity contribution in [2.45, 2.75) is 38.0 Å². The predicted molar refractivity (Wildman–Crippen MR) is 130 cm³/mol. The molecule has 1 aliphatic carbocycles. The van der Waals surface area contributed by atoms with E-state index in [4.69, 9.17) is 9.97 Å². The number of rotatable bonds is 3. The van der Waals surface area contributed by atoms with Crippen LogP contribution in [-0.2, 0) is 12.8 Å². The molecule has 6 heterocycles. The number of nitrogens with zero attached hydrogens (tertiary/aromatic N) is 7. The van der Waals surface area contributed by atoms with Crippen LogP contribution < -0.4 is 4.90 Å². The normalized spacial score (nSPS) is 18.3. The molecule has 1 atom stereocenters. The van der Waals surface area contributed by atoms with E-state index in [2.05, 4.69) is 30.7 Å². The summed E-state index contributed by atoms with van der Waals surface area (Å²) in [6, 6.07) is 10.1. The van der Waals surface area contributed by atoms with E-state index in [1.54, 1.807) is 6.20 Å². The van der Waals surface area contributed by atoms with Crippen molar-refractivity contribution in [2.75, 3.05) is 18.0 Å². The minimum atomic E-state index is 0.315. The Kier molecular flexibility index (Phi) is 4.40. The predicted octanol–water partition coefficient (Wildman–Crippen LogP) is 4.67. The van der Waals surface area contributed by atoms with Gasteiger partial charge in [-0.05, 0) is 61.9 Å². The van der Waals surface area contributed by atoms with Crippen molar-refractivity contribution in [2.24, 2.45) is 0 Å². The van der Waals surface area contributed by atoms with E-state index in [1.807, 2.05) is 47.9 Å². The van der Waals surface area contributed by atoms with E-state index in [0.29, 0.717) is 5.92 Å². The standard InChI is InChI=1S/C25H23N7S/c1-2-13-32-20(10-1)29-30-23(32)17-7-5-12-31(15-17)24-21-18-8-3-9-19(18)33-25(21)28-22(27-24)16-6-4-11-26-14-16/h1-2,4,6,10-11,13-14,17H,3,5,7-9,12,15H2. The highest BCUT2D eigenvalue weighted by molar-refractivity contribution is 7.19. The lowest BCUT2D eigenvalue weighted by atomic mass is 9.96. The number of aromatic nitrogens is 6. The summed E-state index contributed by atoms with van der Waals surface area (Å²) < 4.78 is 2.13. The van der Waals surface area contributed by atoms with Gasteiger partial charge in [-0.1, -0.05) is 6.07 Å². The van der Waals surface area contributed by atoms with E-state index >= 15 is 0 Å². The maximum atomic E-state index is 5.16. The summed E-state index contributed by atoms with van der Waals surface area (Å²) in [7, 11) is 0. The van der Waals surface area contributed by atoms with E-state index in [1.165, 1.54) is 22.2 Å². The second kappa shape index (κ2) is 7.59. The maximum Gasteiger partial charge on any atom is 0.164 e. The van der Waals surface area contributed by atoms with Crippen LogP contribution in [0.25, 0.3) is 27.3 Å². The summed E-state index contributed by atoms with van der Waals surface area (Å²) in [6.45, 7) is 1.88. The second-order valence-electron chi connectivity index (χ2n) is 8.92. The van der Waals surface area contributed by atoms with Gasteiger partial charge in [-0.2, -0.15) is 0 Å². The SMILES string of the molecule is c1cncc(-c2nc(N3CCCC(c4nnc5ccccn45)C3)c3c4c(sc3n2)CCC4)c1. The number of pyridine rings is 2. The summed E-state index contributed by atoms with van der Waals surface area (Å²) in [5.41, 5.74) is 3.34. The number of piperidine rings is 1. The van der Waals surface area contributed by atoms with Crippen molar-refractivity contribution < 1.29 is 0 Å². The first kappa shape index (κ1) is 19.1. The molecule has 8 heteroatoms. The number of anilines is 1. The summed E-state index contributed by atoms with van der Waals surface area (Å²) in [5, 5.41) is 10.2. The number of fused-ring (bicyclic) bond motifs is 4. The van der Waals surface area contributed by atoms with Gasteiger partial charge in [-0.3, -0.25) is 9.38 Å². The molecule has 1 fully saturated rings. The van der Waals surface area contributed by atoms with E-state index in [9.17, 15) is 0 Å². The molecule has 1 unspecified atom stereocenters. The first-order valence-corrected chi connectivity index (χ1v) is 12.4. The largest absolute Gasteiger partial charge is 0.355 e. The van der Waals surface area contributed by atoms with E-state index < -0.39 is 0 Å². The van der Waals surface area contributed by atoms with Crippen LogP contribution in [0.1, 0.15) is 41.4 Å². The highest BCUT2D eigenvalue weighted by Crippen LogP contribution is 2.42. The molecule has 5 aromatic heterocycles. The minimum Gasteiger partial charge on any atom is -0.355 e. The molecule has 0 aromatic carbocycles. The van der Waals surface area contributed by atoms with Gasteiger partial charge in [0.25, 0.3) is 0 Å². The summed E-state index contributed by atoms with van der Waals surface area (Å²) in [6.07, 6.45) is 11.4. The molecule has 164 valence electrons. The maximum absolute atomic E-state index is 5.16. The first-order chi connectivity index (χ1) is 16.3. The summed E-state index contributed by atoms with van der Waals surface area (Å²) in [4.78, 5) is 19.5. The molecule has 0 saturated carbocycles. The Labute approximate surface area is 195 Å². The number of thiophene rings is 1. The molecule has 0 spiro atoms. The zero-order chi connectivity index (χ0) is 21.8. The number of aryl methyl sites for hydroxylation is 2. The van der Waals surface area contributed by atoms with Crippen LogP contribution in [0.5, 0.6) is 0 Å². The number of hydrogen-bond acceptors (Lipinski definition) is 7. The van der Waals surface area contributed by atoms with Crippen molar-refractivity contribution in [3.63, 3.8) is 0 Å². The third kappa shape index (κ3) is 3.12. The van der Waals surface area contributed by atoms with Crippen LogP contribution in [-0.4, -0.2) is 42.6 Å². The van der Waals surface area contributed by atoms with Crippen molar-refractivity contribution in [3.05, 3.63) is 65.2 Å². The highest BCUT2D eigenvalue weighted by atomic mass is 32.1. The van der Waals surface area contributed by atoms with Gasteiger partial charge in [-0.25, -0.2) is 9.97 Å². The van der Waals surface area contributed by atoms with Gasteiger partial charge in [0.1, 0.15) is 16.5 Å². The Bertz CT molecular complexity index is 1470. The Morgan fingerprint density at radius 3 is 2.94 bits per heavy atom. The third-order valence-corrected chi connectivity index (χ3v) is 8.08. The van der Waals surface area contributed by atoms with Crippen molar-refractivity contribution in [1.82, 2.24) is 29.5 Å². The molecule has 5 aromatic rings. The average molecular weight is 454 g/mol. The Hall–Kier alpha value is -3.39. The molecule has 0 amide bonds. The molecule has 1 saturated heterocycles. The van der Waals surface area contributed by atoms with Gasteiger partial charge in [0, 0.05) is 48.0 Å². The van der Waals surface area contributed by atoms with Gasteiger partial charge >= 0.3 is 0 Å². The molecule has 0 N–H and O–H groups in total. The Balaban J connectivity index is 1.34. The van der Waals surface area contributed by atoms with Gasteiger partial charge in [0.05, 0.1) is 5.39 Å². The molecular formula is C25H23N7S. The molecular weight excluding hydrogens is 430 g/mol. The third-order valence-electron chi connectivity index (χ3n) is 6.89. The van der Waals surface area contributed by atoms with Gasteiger partial charge in [0.15, 0.2) is 11.5 Å². The van der Waals surface area contributed by atoms with Crippen LogP contribution >= 0.6 is 11.3 Å². The van der Waals surface area contributed by atoms with E-state index in [0.717, 1.165) is 72.3 Å². The molecule has 7 nitrogen and oxygen atoms in total. The second-order valence-corrected chi connectivity index (χ2v) is 10.0. The molecule has 0 bridgehead atoms. The van der Waals surface area contributed by atoms with Gasteiger partial charge < -0.3 is 4.90 Å². The highest BCUT2D eigenvalue weighted by Gasteiger charge is 2.30. The monoisotopic (exact) mass is 453 g/mol. The lowest BCUT2D eigenvalue weighted by Crippen LogP contribution is -2.36. The van der Waals surface area contributed by atoms with Crippen molar-refractivity contribution >= 4 is 33.0 Å². The van der Waals surface area contributed by atoms with Crippen LogP contribution in [0.4, 0.5) is 5.82 Å². The molecule has 1 aliphatic heterocycles. The van der Waals surface area contributed by atoms with Crippen LogP contribution in [0.15, 0.2) is 48.9 Å². The van der Waals surface area contributed by atoms with Crippen LogP contribution in [0.3, 0.4) is 0 Å². The van der Waals surface area contributed by atoms with Crippen molar-refractivity contribution in [1.29, 1.82) is 0 Å². The zero-order valence-electron chi connectivity index (χ0n) is 18.2. The lowest BCUT2D eigenvalue weighted by molar-refractivity contribution is 0.486. The quantitative estimate of drug-likeness (QED) is 0.395. The van der Waals surface area contributed by atoms with Crippen LogP contribution in [0, 0.1) is 0 Å². The Morgan fingerprint density at radius 2 is 2.00 bits per heavy atom. The molecule has 0 radical (unpaired) electrons. The summed E-state index contributed by atoms with van der Waals surface area (Å²) >= 11 is 1.85. The Morgan fingerprint density at radius 1 is 1.00 bits per heavy atom. The fourth-order valence-corrected chi connectivity index (χ4v) is 6.60. The smallest absolute Gasteiger partial charge is 0.164 e. The molecule has 33 heavy (non-hydrogen) atoms.